The number of carbonyl (C=O) groups excluding carboxylic acids is 1. The molecule has 1 aromatic rings. The predicted octanol–water partition coefficient (Wildman–Crippen LogP) is 0.139. The van der Waals surface area contributed by atoms with Gasteiger partial charge in [-0.05, 0) is 13.0 Å². The molecule has 0 spiro atoms. The van der Waals surface area contributed by atoms with Gasteiger partial charge in [0.05, 0.1) is 19.3 Å². The summed E-state index contributed by atoms with van der Waals surface area (Å²) < 4.78 is 5.51. The number of amides is 2. The van der Waals surface area contributed by atoms with Gasteiger partial charge in [-0.15, -0.1) is 0 Å². The maximum Gasteiger partial charge on any atom is 0.325 e. The van der Waals surface area contributed by atoms with Crippen LogP contribution in [0.25, 0.3) is 0 Å². The zero-order valence-electron chi connectivity index (χ0n) is 10.6. The van der Waals surface area contributed by atoms with Crippen LogP contribution in [0.5, 0.6) is 0 Å². The number of nitrogens with one attached hydrogen (secondary N) is 2. The van der Waals surface area contributed by atoms with Crippen molar-refractivity contribution in [1.29, 1.82) is 0 Å². The summed E-state index contributed by atoms with van der Waals surface area (Å²) in [5.41, 5.74) is 1.97. The number of anilines is 1. The number of aliphatic hydroxyl groups excluding tert-OH is 2. The maximum absolute atomic E-state index is 12.0. The molecule has 0 radical (unpaired) electrons. The maximum atomic E-state index is 12.0. The zero-order valence-corrected chi connectivity index (χ0v) is 10.6. The van der Waals surface area contributed by atoms with Gasteiger partial charge in [0.15, 0.2) is 0 Å². The molecule has 1 fully saturated rings. The van der Waals surface area contributed by atoms with Crippen LogP contribution < -0.4 is 5.32 Å². The summed E-state index contributed by atoms with van der Waals surface area (Å²) in [4.78, 5) is 16.6. The van der Waals surface area contributed by atoms with E-state index in [1.165, 1.54) is 4.90 Å². The van der Waals surface area contributed by atoms with Crippen molar-refractivity contribution >= 4 is 11.8 Å². The molecule has 3 atom stereocenters. The van der Waals surface area contributed by atoms with E-state index in [2.05, 4.69) is 10.3 Å². The van der Waals surface area contributed by atoms with Crippen LogP contribution in [-0.4, -0.2) is 51.2 Å². The van der Waals surface area contributed by atoms with Crippen molar-refractivity contribution in [1.82, 2.24) is 9.88 Å². The Balaban J connectivity index is 1.78. The van der Waals surface area contributed by atoms with Crippen LogP contribution in [0.15, 0.2) is 6.07 Å². The molecule has 4 N–H and O–H groups in total. The highest BCUT2D eigenvalue weighted by atomic mass is 16.5. The van der Waals surface area contributed by atoms with Gasteiger partial charge in [0.25, 0.3) is 0 Å². The minimum absolute atomic E-state index is 0.248. The summed E-state index contributed by atoms with van der Waals surface area (Å²) in [6.45, 7) is 2.11. The predicted molar refractivity (Wildman–Crippen MR) is 66.5 cm³/mol. The first kappa shape index (κ1) is 12.5. The number of aryl methyl sites for hydroxylation is 1. The first-order valence-electron chi connectivity index (χ1n) is 6.29. The van der Waals surface area contributed by atoms with Crippen molar-refractivity contribution in [2.24, 2.45) is 0 Å². The molecular weight excluding hydrogens is 250 g/mol. The van der Waals surface area contributed by atoms with E-state index in [1.807, 2.05) is 13.0 Å². The summed E-state index contributed by atoms with van der Waals surface area (Å²) in [6.07, 6.45) is -1.54. The molecule has 0 unspecified atom stereocenters. The fraction of sp³-hybridized carbons (Fsp3) is 0.583. The second kappa shape index (κ2) is 4.52. The van der Waals surface area contributed by atoms with Gasteiger partial charge in [-0.1, -0.05) is 0 Å². The van der Waals surface area contributed by atoms with Gasteiger partial charge in [-0.2, -0.15) is 0 Å². The van der Waals surface area contributed by atoms with Gasteiger partial charge in [-0.25, -0.2) is 4.79 Å². The molecule has 7 nitrogen and oxygen atoms in total. The number of hydrogen-bond donors (Lipinski definition) is 4. The summed E-state index contributed by atoms with van der Waals surface area (Å²) in [7, 11) is 0. The normalized spacial score (nSPS) is 30.4. The quantitative estimate of drug-likeness (QED) is 0.612. The number of aromatic nitrogens is 1. The van der Waals surface area contributed by atoms with Crippen LogP contribution in [0.1, 0.15) is 17.7 Å². The Morgan fingerprint density at radius 3 is 3.05 bits per heavy atom. The van der Waals surface area contributed by atoms with Crippen LogP contribution in [0.2, 0.25) is 0 Å². The Morgan fingerprint density at radius 1 is 1.58 bits per heavy atom. The molecule has 1 saturated heterocycles. The van der Waals surface area contributed by atoms with E-state index in [4.69, 9.17) is 9.84 Å². The van der Waals surface area contributed by atoms with Gasteiger partial charge in [0, 0.05) is 17.7 Å². The molecule has 0 aromatic carbocycles. The Kier molecular flexibility index (Phi) is 2.96. The number of aromatic amines is 1. The van der Waals surface area contributed by atoms with Crippen molar-refractivity contribution in [2.75, 3.05) is 11.9 Å². The van der Waals surface area contributed by atoms with Gasteiger partial charge in [0.1, 0.15) is 18.1 Å². The van der Waals surface area contributed by atoms with E-state index in [-0.39, 0.29) is 12.6 Å². The van der Waals surface area contributed by atoms with E-state index in [0.717, 1.165) is 17.1 Å². The van der Waals surface area contributed by atoms with Crippen LogP contribution in [0, 0.1) is 6.92 Å². The average Bonchev–Trinajstić information content (AvgIpc) is 2.89. The monoisotopic (exact) mass is 267 g/mol. The number of nitrogens with zero attached hydrogens (tertiary/aromatic N) is 1. The topological polar surface area (TPSA) is 97.8 Å². The smallest absolute Gasteiger partial charge is 0.325 e. The summed E-state index contributed by atoms with van der Waals surface area (Å²) in [5.74, 6) is 0.719. The van der Waals surface area contributed by atoms with Crippen molar-refractivity contribution < 1.29 is 19.7 Å². The van der Waals surface area contributed by atoms with Gasteiger partial charge in [0.2, 0.25) is 0 Å². The van der Waals surface area contributed by atoms with Crippen LogP contribution in [0.3, 0.4) is 0 Å². The fourth-order valence-corrected chi connectivity index (χ4v) is 2.62. The number of carbonyl (C=O) groups is 1. The highest BCUT2D eigenvalue weighted by Gasteiger charge is 2.40. The molecule has 1 aromatic heterocycles. The van der Waals surface area contributed by atoms with Crippen molar-refractivity contribution in [3.8, 4) is 0 Å². The number of ether oxygens (including phenoxy) is 1. The first-order chi connectivity index (χ1) is 9.08. The molecule has 7 heteroatoms. The number of hydrogen-bond acceptors (Lipinski definition) is 4. The third kappa shape index (κ3) is 2.09. The molecule has 3 heterocycles. The van der Waals surface area contributed by atoms with E-state index >= 15 is 0 Å². The number of urea groups is 1. The van der Waals surface area contributed by atoms with Crippen molar-refractivity contribution in [2.45, 2.75) is 38.3 Å². The molecule has 2 aliphatic heterocycles. The standard InChI is InChI=1S/C12H17N3O4/c1-6-2-7-4-15(12(18)14-11(7)13-6)10-3-8(17)9(5-16)19-10/h2,8-10,13,16-17H,3-5H2,1H3,(H,14,18)/t8-,9+,10+/m0/s1. The number of fused-ring (bicyclic) bond motifs is 1. The zero-order chi connectivity index (χ0) is 13.6. The Hall–Kier alpha value is -1.57. The van der Waals surface area contributed by atoms with Crippen molar-refractivity contribution in [3.63, 3.8) is 0 Å². The van der Waals surface area contributed by atoms with Gasteiger partial charge >= 0.3 is 6.03 Å². The molecule has 0 saturated carbocycles. The second-order valence-electron chi connectivity index (χ2n) is 5.03. The lowest BCUT2D eigenvalue weighted by atomic mass is 10.1. The Bertz CT molecular complexity index is 501. The summed E-state index contributed by atoms with van der Waals surface area (Å²) >= 11 is 0. The van der Waals surface area contributed by atoms with Gasteiger partial charge < -0.3 is 19.9 Å². The molecule has 3 rings (SSSR count). The number of rotatable bonds is 2. The second-order valence-corrected chi connectivity index (χ2v) is 5.03. The minimum Gasteiger partial charge on any atom is -0.394 e. The average molecular weight is 267 g/mol. The van der Waals surface area contributed by atoms with Crippen LogP contribution in [-0.2, 0) is 11.3 Å². The van der Waals surface area contributed by atoms with E-state index < -0.39 is 18.4 Å². The highest BCUT2D eigenvalue weighted by molar-refractivity contribution is 5.91. The van der Waals surface area contributed by atoms with Crippen LogP contribution >= 0.6 is 0 Å². The fourth-order valence-electron chi connectivity index (χ4n) is 2.62. The molecule has 104 valence electrons. The lowest BCUT2D eigenvalue weighted by Crippen LogP contribution is -2.45. The highest BCUT2D eigenvalue weighted by Crippen LogP contribution is 2.30. The molecular formula is C12H17N3O4. The third-order valence-electron chi connectivity index (χ3n) is 3.60. The van der Waals surface area contributed by atoms with Crippen LogP contribution in [0.4, 0.5) is 10.6 Å². The van der Waals surface area contributed by atoms with E-state index in [0.29, 0.717) is 13.0 Å². The van der Waals surface area contributed by atoms with E-state index in [9.17, 15) is 9.90 Å². The Labute approximate surface area is 110 Å². The summed E-state index contributed by atoms with van der Waals surface area (Å²) in [5, 5.41) is 21.6. The third-order valence-corrected chi connectivity index (χ3v) is 3.60. The molecule has 2 amide bonds. The van der Waals surface area contributed by atoms with E-state index in [1.54, 1.807) is 0 Å². The largest absolute Gasteiger partial charge is 0.394 e. The lowest BCUT2D eigenvalue weighted by molar-refractivity contribution is -0.0653. The molecule has 0 aliphatic carbocycles. The number of H-pyrrole nitrogens is 1. The molecule has 19 heavy (non-hydrogen) atoms. The molecule has 0 bridgehead atoms. The van der Waals surface area contributed by atoms with Gasteiger partial charge in [-0.3, -0.25) is 10.2 Å². The Morgan fingerprint density at radius 2 is 2.37 bits per heavy atom. The summed E-state index contributed by atoms with van der Waals surface area (Å²) in [6, 6.07) is 1.71. The SMILES string of the molecule is Cc1cc2c([nH]1)NC(=O)N([C@H]1C[C@H](O)[C@@H](CO)O1)C2. The number of aliphatic hydroxyl groups is 2. The molecule has 2 aliphatic rings. The van der Waals surface area contributed by atoms with Crippen molar-refractivity contribution in [3.05, 3.63) is 17.3 Å². The first-order valence-corrected chi connectivity index (χ1v) is 6.29. The lowest BCUT2D eigenvalue weighted by Gasteiger charge is -2.31. The minimum atomic E-state index is -0.739.